The van der Waals surface area contributed by atoms with E-state index in [0.717, 1.165) is 0 Å². The summed E-state index contributed by atoms with van der Waals surface area (Å²) in [5, 5.41) is 2.16. The number of nitrogens with two attached hydrogens (primary N) is 1. The zero-order valence-corrected chi connectivity index (χ0v) is 15.4. The molecule has 1 aromatic rings. The Kier molecular flexibility index (Phi) is 5.33. The lowest BCUT2D eigenvalue weighted by molar-refractivity contribution is 0.0870. The van der Waals surface area contributed by atoms with Gasteiger partial charge < -0.3 is 5.73 Å². The number of likely N-dealkylation sites (N-methyl/N-ethyl adjacent to an activating group) is 1. The Bertz CT molecular complexity index is 431. The van der Waals surface area contributed by atoms with Gasteiger partial charge in [0.05, 0.1) is 6.04 Å². The molecule has 2 unspecified atom stereocenters. The number of halogens is 1. The van der Waals surface area contributed by atoms with Gasteiger partial charge in [0.2, 0.25) is 0 Å². The van der Waals surface area contributed by atoms with Crippen LogP contribution < -0.4 is 5.73 Å². The number of hydrogen-bond donors (Lipinski definition) is 1. The van der Waals surface area contributed by atoms with Crippen LogP contribution in [0.2, 0.25) is 0 Å². The molecule has 2 nitrogen and oxygen atoms in total. The van der Waals surface area contributed by atoms with Gasteiger partial charge in [-0.05, 0) is 67.1 Å². The van der Waals surface area contributed by atoms with Crippen molar-refractivity contribution < 1.29 is 0 Å². The van der Waals surface area contributed by atoms with Gasteiger partial charge in [0, 0.05) is 26.8 Å². The topological polar surface area (TPSA) is 29.3 Å². The quantitative estimate of drug-likeness (QED) is 0.837. The Morgan fingerprint density at radius 3 is 2.45 bits per heavy atom. The minimum Gasteiger partial charge on any atom is -0.326 e. The Morgan fingerprint density at radius 2 is 2.00 bits per heavy atom. The van der Waals surface area contributed by atoms with Crippen molar-refractivity contribution >= 4 is 27.3 Å². The normalized spacial score (nSPS) is 22.9. The first-order valence-electron chi connectivity index (χ1n) is 7.51. The summed E-state index contributed by atoms with van der Waals surface area (Å²) in [6.07, 6.45) is 5.22. The van der Waals surface area contributed by atoms with Crippen molar-refractivity contribution in [1.29, 1.82) is 0 Å². The van der Waals surface area contributed by atoms with Crippen molar-refractivity contribution in [1.82, 2.24) is 4.90 Å². The Balaban J connectivity index is 2.10. The molecule has 2 atom stereocenters. The molecule has 1 heterocycles. The van der Waals surface area contributed by atoms with Crippen LogP contribution in [-0.4, -0.2) is 24.0 Å². The molecule has 0 amide bonds. The van der Waals surface area contributed by atoms with Gasteiger partial charge in [-0.3, -0.25) is 4.90 Å². The molecule has 0 aromatic carbocycles. The van der Waals surface area contributed by atoms with Gasteiger partial charge >= 0.3 is 0 Å². The van der Waals surface area contributed by atoms with Gasteiger partial charge in [-0.15, -0.1) is 11.3 Å². The van der Waals surface area contributed by atoms with Crippen LogP contribution in [-0.2, 0) is 0 Å². The van der Waals surface area contributed by atoms with E-state index in [2.05, 4.69) is 60.1 Å². The van der Waals surface area contributed by atoms with Crippen LogP contribution in [0.15, 0.2) is 15.9 Å². The lowest BCUT2D eigenvalue weighted by Gasteiger charge is -2.42. The molecule has 4 heteroatoms. The van der Waals surface area contributed by atoms with Gasteiger partial charge in [-0.2, -0.15) is 0 Å². The maximum Gasteiger partial charge on any atom is 0.0591 e. The van der Waals surface area contributed by atoms with E-state index in [9.17, 15) is 0 Å². The van der Waals surface area contributed by atoms with Crippen LogP contribution >= 0.6 is 27.3 Å². The molecule has 1 aliphatic carbocycles. The molecule has 0 saturated heterocycles. The fraction of sp³-hybridized carbons (Fsp3) is 0.750. The highest BCUT2D eigenvalue weighted by Gasteiger charge is 2.33. The Morgan fingerprint density at radius 1 is 1.40 bits per heavy atom. The predicted molar refractivity (Wildman–Crippen MR) is 92.2 cm³/mol. The lowest BCUT2D eigenvalue weighted by Crippen LogP contribution is -2.44. The first-order valence-corrected chi connectivity index (χ1v) is 9.19. The smallest absolute Gasteiger partial charge is 0.0591 e. The van der Waals surface area contributed by atoms with E-state index in [-0.39, 0.29) is 6.04 Å². The molecule has 1 fully saturated rings. The molecule has 0 radical (unpaired) electrons. The van der Waals surface area contributed by atoms with Gasteiger partial charge in [0.15, 0.2) is 0 Å². The van der Waals surface area contributed by atoms with Crippen LogP contribution in [0.25, 0.3) is 0 Å². The summed E-state index contributed by atoms with van der Waals surface area (Å²) in [5.74, 6) is 0. The second kappa shape index (κ2) is 6.47. The van der Waals surface area contributed by atoms with E-state index in [4.69, 9.17) is 5.73 Å². The van der Waals surface area contributed by atoms with Gasteiger partial charge in [0.25, 0.3) is 0 Å². The largest absolute Gasteiger partial charge is 0.326 e. The number of hydrogen-bond acceptors (Lipinski definition) is 3. The molecule has 0 spiro atoms. The minimum atomic E-state index is 0.153. The molecule has 1 aromatic heterocycles. The molecule has 2 rings (SSSR count). The summed E-state index contributed by atoms with van der Waals surface area (Å²) >= 11 is 5.37. The molecule has 20 heavy (non-hydrogen) atoms. The van der Waals surface area contributed by atoms with E-state index < -0.39 is 0 Å². The van der Waals surface area contributed by atoms with Crippen LogP contribution in [0.5, 0.6) is 0 Å². The molecule has 114 valence electrons. The summed E-state index contributed by atoms with van der Waals surface area (Å²) in [4.78, 5) is 3.90. The summed E-state index contributed by atoms with van der Waals surface area (Å²) in [6, 6.07) is 3.37. The minimum absolute atomic E-state index is 0.153. The third kappa shape index (κ3) is 3.85. The predicted octanol–water partition coefficient (Wildman–Crippen LogP) is 4.80. The highest BCUT2D eigenvalue weighted by molar-refractivity contribution is 9.10. The maximum atomic E-state index is 6.29. The van der Waals surface area contributed by atoms with E-state index in [0.29, 0.717) is 17.5 Å². The Labute approximate surface area is 135 Å². The molecule has 1 aliphatic rings. The van der Waals surface area contributed by atoms with E-state index >= 15 is 0 Å². The molecule has 0 aliphatic heterocycles. The summed E-state index contributed by atoms with van der Waals surface area (Å²) in [6.45, 7) is 6.91. The van der Waals surface area contributed by atoms with E-state index in [1.54, 1.807) is 0 Å². The number of nitrogens with zero attached hydrogens (tertiary/aromatic N) is 1. The average molecular weight is 359 g/mol. The molecular weight excluding hydrogens is 332 g/mol. The fourth-order valence-corrected chi connectivity index (χ4v) is 5.04. The van der Waals surface area contributed by atoms with Crippen molar-refractivity contribution in [3.63, 3.8) is 0 Å². The van der Waals surface area contributed by atoms with Gasteiger partial charge in [0.1, 0.15) is 0 Å². The van der Waals surface area contributed by atoms with Crippen molar-refractivity contribution in [3.8, 4) is 0 Å². The van der Waals surface area contributed by atoms with Crippen molar-refractivity contribution in [2.45, 2.75) is 64.6 Å². The fourth-order valence-electron chi connectivity index (χ4n) is 3.33. The van der Waals surface area contributed by atoms with E-state index in [1.807, 2.05) is 11.3 Å². The second-order valence-electron chi connectivity index (χ2n) is 7.03. The second-order valence-corrected chi connectivity index (χ2v) is 8.89. The molecule has 0 bridgehead atoms. The zero-order valence-electron chi connectivity index (χ0n) is 13.0. The highest BCUT2D eigenvalue weighted by Crippen LogP contribution is 2.40. The standard InChI is InChI=1S/C16H27BrN2S/c1-11(18)15(14-9-12(17)10-20-14)19(4)13-5-7-16(2,3)8-6-13/h9-11,13,15H,5-8,18H2,1-4H3. The van der Waals surface area contributed by atoms with Crippen LogP contribution in [0, 0.1) is 5.41 Å². The van der Waals surface area contributed by atoms with Gasteiger partial charge in [-0.25, -0.2) is 0 Å². The number of thiophene rings is 1. The first kappa shape index (κ1) is 16.5. The summed E-state index contributed by atoms with van der Waals surface area (Å²) < 4.78 is 1.17. The number of rotatable bonds is 4. The van der Waals surface area contributed by atoms with Crippen molar-refractivity contribution in [2.75, 3.05) is 7.05 Å². The lowest BCUT2D eigenvalue weighted by atomic mass is 9.75. The van der Waals surface area contributed by atoms with Crippen LogP contribution in [0.4, 0.5) is 0 Å². The van der Waals surface area contributed by atoms with Crippen molar-refractivity contribution in [2.24, 2.45) is 11.1 Å². The Hall–Kier alpha value is 0.1000. The highest BCUT2D eigenvalue weighted by atomic mass is 79.9. The molecule has 1 saturated carbocycles. The zero-order chi connectivity index (χ0) is 14.9. The third-order valence-electron chi connectivity index (χ3n) is 4.70. The third-order valence-corrected chi connectivity index (χ3v) is 6.46. The van der Waals surface area contributed by atoms with Crippen LogP contribution in [0.3, 0.4) is 0 Å². The monoisotopic (exact) mass is 358 g/mol. The average Bonchev–Trinajstić information content (AvgIpc) is 2.75. The van der Waals surface area contributed by atoms with Crippen molar-refractivity contribution in [3.05, 3.63) is 20.8 Å². The maximum absolute atomic E-state index is 6.29. The molecular formula is C16H27BrN2S. The molecule has 2 N–H and O–H groups in total. The van der Waals surface area contributed by atoms with E-state index in [1.165, 1.54) is 35.0 Å². The van der Waals surface area contributed by atoms with Crippen LogP contribution in [0.1, 0.15) is 57.4 Å². The van der Waals surface area contributed by atoms with Gasteiger partial charge in [-0.1, -0.05) is 13.8 Å². The SMILES string of the molecule is CC(N)C(c1cc(Br)cs1)N(C)C1CCC(C)(C)CC1. The summed E-state index contributed by atoms with van der Waals surface area (Å²) in [5.41, 5.74) is 6.81. The first-order chi connectivity index (χ1) is 9.30. The summed E-state index contributed by atoms with van der Waals surface area (Å²) in [7, 11) is 2.25.